The van der Waals surface area contributed by atoms with E-state index >= 15 is 0 Å². The third kappa shape index (κ3) is 12.5. The van der Waals surface area contributed by atoms with Gasteiger partial charge in [0.25, 0.3) is 5.56 Å². The van der Waals surface area contributed by atoms with Gasteiger partial charge in [-0.2, -0.15) is 4.98 Å². The molecule has 0 saturated carbocycles. The van der Waals surface area contributed by atoms with Gasteiger partial charge in [0.05, 0.1) is 40.5 Å². The molecule has 6 heterocycles. The van der Waals surface area contributed by atoms with E-state index in [0.717, 1.165) is 57.9 Å². The molecule has 79 heavy (non-hydrogen) atoms. The minimum atomic E-state index is -1.02. The van der Waals surface area contributed by atoms with Crippen LogP contribution in [0.25, 0.3) is 27.3 Å². The number of benzene rings is 2. The van der Waals surface area contributed by atoms with Crippen molar-refractivity contribution in [2.75, 3.05) is 42.9 Å². The van der Waals surface area contributed by atoms with Crippen molar-refractivity contribution in [2.45, 2.75) is 142 Å². The quantitative estimate of drug-likeness (QED) is 0.0375. The highest BCUT2D eigenvalue weighted by atomic mass is 32.1. The van der Waals surface area contributed by atoms with Crippen LogP contribution in [0.15, 0.2) is 89.8 Å². The summed E-state index contributed by atoms with van der Waals surface area (Å²) < 4.78 is 3.19. The highest BCUT2D eigenvalue weighted by Gasteiger charge is 2.45. The van der Waals surface area contributed by atoms with Crippen molar-refractivity contribution >= 4 is 63.3 Å². The summed E-state index contributed by atoms with van der Waals surface area (Å²) in [7, 11) is 0. The maximum atomic E-state index is 14.2. The monoisotopic (exact) mass is 1090 g/mol. The van der Waals surface area contributed by atoms with Crippen LogP contribution in [0.1, 0.15) is 121 Å². The van der Waals surface area contributed by atoms with Gasteiger partial charge in [-0.05, 0) is 98.4 Å². The molecule has 6 aromatic rings. The zero-order chi connectivity index (χ0) is 56.2. The van der Waals surface area contributed by atoms with Crippen molar-refractivity contribution in [3.63, 3.8) is 0 Å². The number of likely N-dealkylation sites (tertiary alicyclic amines) is 1. The number of hydrogen-bond donors (Lipinski definition) is 5. The number of allylic oxidation sites excluding steroid dienone is 1. The lowest BCUT2D eigenvalue weighted by Crippen LogP contribution is -2.57. The molecule has 418 valence electrons. The first kappa shape index (κ1) is 56.4. The minimum absolute atomic E-state index is 0.00186. The van der Waals surface area contributed by atoms with Gasteiger partial charge in [0.2, 0.25) is 29.6 Å². The molecule has 1 aliphatic carbocycles. The normalized spacial score (nSPS) is 19.1. The number of amides is 4. The fraction of sp³-hybridized carbons (Fsp3) is 0.475. The Hall–Kier alpha value is -7.29. The lowest BCUT2D eigenvalue weighted by Gasteiger charge is -2.36. The molecule has 3 aliphatic rings. The summed E-state index contributed by atoms with van der Waals surface area (Å²) in [4.78, 5) is 93.3. The van der Waals surface area contributed by atoms with Gasteiger partial charge in [-0.25, -0.2) is 24.3 Å². The van der Waals surface area contributed by atoms with Crippen LogP contribution in [-0.2, 0) is 37.7 Å². The fourth-order valence-electron chi connectivity index (χ4n) is 11.0. The molecule has 4 aromatic heterocycles. The van der Waals surface area contributed by atoms with Gasteiger partial charge in [0, 0.05) is 69.6 Å². The van der Waals surface area contributed by atoms with Crippen molar-refractivity contribution in [1.82, 2.24) is 49.7 Å². The van der Waals surface area contributed by atoms with Crippen LogP contribution in [0.2, 0.25) is 0 Å². The van der Waals surface area contributed by atoms with E-state index in [0.29, 0.717) is 86.8 Å². The average Bonchev–Trinajstić information content (AvgIpc) is 4.43. The number of aliphatic hydroxyl groups excluding tert-OH is 1. The number of nitrogens with zero attached hydrogens (tertiary/aromatic N) is 9. The molecule has 5 N–H and O–H groups in total. The molecule has 0 spiro atoms. The number of aryl methyl sites for hydroxylation is 2. The van der Waals surface area contributed by atoms with Gasteiger partial charge in [-0.3, -0.25) is 24.0 Å². The number of thiazole rings is 1. The zero-order valence-corrected chi connectivity index (χ0v) is 47.0. The minimum Gasteiger partial charge on any atom is -0.391 e. The Labute approximate surface area is 465 Å². The van der Waals surface area contributed by atoms with E-state index in [1.54, 1.807) is 22.1 Å². The second-order valence-corrected chi connectivity index (χ2v) is 23.2. The summed E-state index contributed by atoms with van der Waals surface area (Å²) in [6, 6.07) is 17.6. The summed E-state index contributed by atoms with van der Waals surface area (Å²) >= 11 is 1.58. The van der Waals surface area contributed by atoms with Crippen LogP contribution in [-0.4, -0.2) is 124 Å². The number of pyridine rings is 1. The van der Waals surface area contributed by atoms with Crippen LogP contribution in [0.4, 0.5) is 17.3 Å². The number of rotatable bonds is 20. The van der Waals surface area contributed by atoms with Crippen LogP contribution in [0.5, 0.6) is 0 Å². The molecule has 2 aromatic carbocycles. The molecule has 0 radical (unpaired) electrons. The number of β-amino-alcohol motifs (C(OH)–C–C–N with tert-alkyl or cyclic N) is 1. The Morgan fingerprint density at radius 3 is 2.32 bits per heavy atom. The summed E-state index contributed by atoms with van der Waals surface area (Å²) in [5.74, 6) is -0.119. The third-order valence-electron chi connectivity index (χ3n) is 15.7. The Morgan fingerprint density at radius 1 is 0.924 bits per heavy atom. The Kier molecular flexibility index (Phi) is 17.1. The molecule has 2 saturated heterocycles. The van der Waals surface area contributed by atoms with Crippen LogP contribution in [0, 0.1) is 12.3 Å². The second kappa shape index (κ2) is 24.0. The van der Waals surface area contributed by atoms with Crippen molar-refractivity contribution in [2.24, 2.45) is 5.41 Å². The van der Waals surface area contributed by atoms with Crippen LogP contribution < -0.4 is 26.4 Å². The topological polar surface area (TPSA) is 233 Å². The largest absolute Gasteiger partial charge is 0.391 e. The number of aromatic nitrogens is 6. The average molecular weight is 1100 g/mol. The van der Waals surface area contributed by atoms with Crippen molar-refractivity contribution in [3.05, 3.63) is 118 Å². The predicted octanol–water partition coefficient (Wildman–Crippen LogP) is 7.24. The number of carbonyl (C=O) groups is 4. The van der Waals surface area contributed by atoms with E-state index in [1.165, 1.54) is 15.8 Å². The maximum absolute atomic E-state index is 14.2. The molecule has 9 rings (SSSR count). The van der Waals surface area contributed by atoms with Gasteiger partial charge >= 0.3 is 0 Å². The molecule has 2 aliphatic heterocycles. The molecular weight excluding hydrogens is 1020 g/mol. The van der Waals surface area contributed by atoms with E-state index in [1.807, 2.05) is 113 Å². The Balaban J connectivity index is 0.704. The maximum Gasteiger partial charge on any atom is 0.278 e. The summed E-state index contributed by atoms with van der Waals surface area (Å²) in [6.07, 6.45) is 7.75. The van der Waals surface area contributed by atoms with Gasteiger partial charge in [-0.1, -0.05) is 76.9 Å². The smallest absolute Gasteiger partial charge is 0.278 e. The number of aliphatic hydroxyl groups is 2. The van der Waals surface area contributed by atoms with Crippen LogP contribution in [0.3, 0.4) is 0 Å². The molecule has 0 unspecified atom stereocenters. The van der Waals surface area contributed by atoms with Crippen molar-refractivity contribution in [1.29, 1.82) is 0 Å². The fourth-order valence-corrected chi connectivity index (χ4v) is 11.8. The molecule has 2 fully saturated rings. The molecule has 0 bridgehead atoms. The lowest BCUT2D eigenvalue weighted by atomic mass is 9.85. The van der Waals surface area contributed by atoms with Gasteiger partial charge in [0.1, 0.15) is 23.1 Å². The highest BCUT2D eigenvalue weighted by molar-refractivity contribution is 7.13. The lowest BCUT2D eigenvalue weighted by molar-refractivity contribution is -0.144. The number of piperazine rings is 1. The van der Waals surface area contributed by atoms with E-state index in [9.17, 15) is 34.2 Å². The Bertz CT molecular complexity index is 3250. The third-order valence-corrected chi connectivity index (χ3v) is 16.7. The molecular formula is C59H74N12O7S. The number of anilines is 3. The van der Waals surface area contributed by atoms with Crippen LogP contribution >= 0.6 is 11.3 Å². The van der Waals surface area contributed by atoms with E-state index < -0.39 is 35.1 Å². The first-order valence-corrected chi connectivity index (χ1v) is 28.5. The molecule has 20 heteroatoms. The van der Waals surface area contributed by atoms with E-state index in [2.05, 4.69) is 37.4 Å². The van der Waals surface area contributed by atoms with E-state index in [4.69, 9.17) is 9.97 Å². The number of fused-ring (bicyclic) bond motifs is 2. The highest BCUT2D eigenvalue weighted by Crippen LogP contribution is 2.39. The first-order valence-electron chi connectivity index (χ1n) is 27.7. The zero-order valence-electron chi connectivity index (χ0n) is 46.2. The second-order valence-electron chi connectivity index (χ2n) is 22.3. The number of unbranched alkanes of at least 4 members (excludes halogenated alkanes) is 3. The first-order chi connectivity index (χ1) is 37.8. The van der Waals surface area contributed by atoms with Gasteiger partial charge in [0.15, 0.2) is 11.5 Å². The van der Waals surface area contributed by atoms with Crippen molar-refractivity contribution < 1.29 is 29.4 Å². The number of hydrogen-bond acceptors (Lipinski definition) is 14. The number of carbonyl (C=O) groups excluding carboxylic acids is 4. The van der Waals surface area contributed by atoms with Crippen molar-refractivity contribution in [3.8, 4) is 16.3 Å². The predicted molar refractivity (Wildman–Crippen MR) is 306 cm³/mol. The summed E-state index contributed by atoms with van der Waals surface area (Å²) in [6.45, 7) is 18.1. The van der Waals surface area contributed by atoms with E-state index in [-0.39, 0.29) is 55.3 Å². The summed E-state index contributed by atoms with van der Waals surface area (Å²) in [5.41, 5.74) is 6.57. The molecule has 4 amide bonds. The van der Waals surface area contributed by atoms with Gasteiger partial charge < -0.3 is 40.9 Å². The summed E-state index contributed by atoms with van der Waals surface area (Å²) in [5, 5.41) is 31.6. The molecule has 19 nitrogen and oxygen atoms in total. The molecule has 5 atom stereocenters. The standard InChI is InChI=1S/C59H74N12O7S/c1-8-28-70-55(76)45-34-60-57(66-53(45)71(70)47-25-20-41-26-27-59(78,9-2)51(41)64-47)63-42-21-23-43(24-22-42)67-29-31-68(32-30-67)49(74)15-13-11-10-12-14-48(73)65-52(58(5,6)7)56(77)69-35-44(72)33-46(69)54(75)62-37(3)39-16-18-40(19-17-39)50-38(4)61-36-79-50/h8,16-25,34,36-37,44,46,52,72,78H,1,9-15,26-33,35H2,2-7H3,(H,62,75)(H,65,73)(H,60,63,66)/t37-,44+,46-,52-,59+/m0/s1. The number of nitrogens with one attached hydrogen (secondary N) is 3. The SMILES string of the molecule is C=CCn1c(=O)c2cnc(Nc3ccc(N4CCN(C(=O)CCCCCCC(=O)N[C@@H](C(=O)N5C[C@H](O)C[C@H]5C(=O)N[C@@H](C)c5ccc(-c6scnc6C)cc5)C(C)(C)C)CC4)cc3)nc2n1-c1ccc2c(n1)[C@@](O)(CC)CC2. The van der Waals surface area contributed by atoms with Gasteiger partial charge in [-0.15, -0.1) is 17.9 Å². The Morgan fingerprint density at radius 2 is 1.65 bits per heavy atom.